The van der Waals surface area contributed by atoms with Gasteiger partial charge in [-0.15, -0.1) is 0 Å². The van der Waals surface area contributed by atoms with Crippen LogP contribution in [-0.2, 0) is 23.3 Å². The number of hydrogen-bond donors (Lipinski definition) is 1. The van der Waals surface area contributed by atoms with Crippen LogP contribution in [-0.4, -0.2) is 35.0 Å². The molecule has 9 heteroatoms. The van der Waals surface area contributed by atoms with Gasteiger partial charge < -0.3 is 14.8 Å². The van der Waals surface area contributed by atoms with E-state index in [0.29, 0.717) is 39.9 Å². The number of carbonyl (C=O) groups excluding carboxylic acids is 1. The molecule has 1 saturated carbocycles. The number of amides is 1. The first kappa shape index (κ1) is 22.5. The quantitative estimate of drug-likeness (QED) is 0.556. The second-order valence-corrected chi connectivity index (χ2v) is 11.7. The number of hydrogen-bond acceptors (Lipinski definition) is 6. The van der Waals surface area contributed by atoms with E-state index in [0.717, 1.165) is 24.8 Å². The van der Waals surface area contributed by atoms with Crippen molar-refractivity contribution in [3.8, 4) is 17.2 Å². The molecular weight excluding hydrogens is 454 g/mol. The fourth-order valence-corrected chi connectivity index (χ4v) is 6.09. The van der Waals surface area contributed by atoms with E-state index in [1.807, 2.05) is 13.8 Å². The van der Waals surface area contributed by atoms with Gasteiger partial charge in [-0.3, -0.25) is 9.48 Å². The van der Waals surface area contributed by atoms with Gasteiger partial charge in [-0.1, -0.05) is 6.42 Å². The summed E-state index contributed by atoms with van der Waals surface area (Å²) in [7, 11) is -1.53. The summed E-state index contributed by atoms with van der Waals surface area (Å²) >= 11 is 0. The SMILES string of the molecule is Cn1ccc(NC(=O)c2cc(Oc3ccc(S(=O)(=O)C4CCC4)cc3)c3c(c2)OC(C)(C)C3)n1. The number of fused-ring (bicyclic) bond motifs is 1. The number of anilines is 1. The highest BCUT2D eigenvalue weighted by Crippen LogP contribution is 2.43. The van der Waals surface area contributed by atoms with Gasteiger partial charge in [0.1, 0.15) is 22.8 Å². The summed E-state index contributed by atoms with van der Waals surface area (Å²) in [6, 6.07) is 11.6. The maximum absolute atomic E-state index is 12.9. The standard InChI is InChI=1S/C25H27N3O5S/c1-25(2)15-20-21(32-17-7-9-19(10-8-17)34(30,31)18-5-4-6-18)13-16(14-22(20)33-25)24(29)26-23-11-12-28(3)27-23/h7-14,18H,4-6,15H2,1-3H3,(H,26,27,29). The van der Waals surface area contributed by atoms with Crippen LogP contribution in [0, 0.1) is 0 Å². The van der Waals surface area contributed by atoms with E-state index in [1.54, 1.807) is 60.4 Å². The molecule has 1 aromatic heterocycles. The molecule has 0 atom stereocenters. The fraction of sp³-hybridized carbons (Fsp3) is 0.360. The molecule has 1 aliphatic heterocycles. The van der Waals surface area contributed by atoms with E-state index in [1.165, 1.54) is 0 Å². The Labute approximate surface area is 198 Å². The number of ether oxygens (including phenoxy) is 2. The highest BCUT2D eigenvalue weighted by Gasteiger charge is 2.35. The van der Waals surface area contributed by atoms with Crippen molar-refractivity contribution in [2.45, 2.75) is 55.3 Å². The normalized spacial score (nSPS) is 16.9. The van der Waals surface area contributed by atoms with E-state index in [-0.39, 0.29) is 11.2 Å². The number of aromatic nitrogens is 2. The van der Waals surface area contributed by atoms with E-state index in [9.17, 15) is 13.2 Å². The van der Waals surface area contributed by atoms with Crippen molar-refractivity contribution in [2.75, 3.05) is 5.32 Å². The van der Waals surface area contributed by atoms with Gasteiger partial charge in [-0.05, 0) is 63.1 Å². The van der Waals surface area contributed by atoms with Crippen molar-refractivity contribution in [1.82, 2.24) is 9.78 Å². The van der Waals surface area contributed by atoms with Gasteiger partial charge in [-0.25, -0.2) is 8.42 Å². The summed E-state index contributed by atoms with van der Waals surface area (Å²) in [4.78, 5) is 13.2. The lowest BCUT2D eigenvalue weighted by Crippen LogP contribution is -2.28. The lowest BCUT2D eigenvalue weighted by atomic mass is 9.99. The zero-order chi connectivity index (χ0) is 24.1. The molecule has 2 heterocycles. The highest BCUT2D eigenvalue weighted by atomic mass is 32.2. The van der Waals surface area contributed by atoms with Crippen molar-refractivity contribution >= 4 is 21.6 Å². The van der Waals surface area contributed by atoms with Gasteiger partial charge in [0.05, 0.1) is 10.1 Å². The Kier molecular flexibility index (Phi) is 5.39. The van der Waals surface area contributed by atoms with Gasteiger partial charge in [-0.2, -0.15) is 5.10 Å². The average Bonchev–Trinajstić information content (AvgIpc) is 3.27. The number of nitrogens with zero attached hydrogens (tertiary/aromatic N) is 2. The van der Waals surface area contributed by atoms with Gasteiger partial charge in [0.2, 0.25) is 0 Å². The second kappa shape index (κ2) is 8.16. The molecule has 1 N–H and O–H groups in total. The molecule has 1 amide bonds. The monoisotopic (exact) mass is 481 g/mol. The van der Waals surface area contributed by atoms with Gasteiger partial charge in [0, 0.05) is 36.9 Å². The summed E-state index contributed by atoms with van der Waals surface area (Å²) in [5.74, 6) is 1.70. The van der Waals surface area contributed by atoms with Gasteiger partial charge in [0.25, 0.3) is 5.91 Å². The Bertz CT molecular complexity index is 1360. The van der Waals surface area contributed by atoms with Crippen LogP contribution in [0.25, 0.3) is 0 Å². The first-order valence-electron chi connectivity index (χ1n) is 11.3. The maximum Gasteiger partial charge on any atom is 0.257 e. The lowest BCUT2D eigenvalue weighted by Gasteiger charge is -2.25. The predicted octanol–water partition coefficient (Wildman–Crippen LogP) is 4.50. The van der Waals surface area contributed by atoms with E-state index in [4.69, 9.17) is 9.47 Å². The molecular formula is C25H27N3O5S. The number of sulfone groups is 1. The molecule has 1 aliphatic carbocycles. The van der Waals surface area contributed by atoms with Crippen LogP contribution in [0.3, 0.4) is 0 Å². The highest BCUT2D eigenvalue weighted by molar-refractivity contribution is 7.92. The summed E-state index contributed by atoms with van der Waals surface area (Å²) < 4.78 is 39.2. The zero-order valence-electron chi connectivity index (χ0n) is 19.4. The molecule has 0 bridgehead atoms. The number of rotatable bonds is 6. The Balaban J connectivity index is 1.43. The molecule has 0 spiro atoms. The molecule has 34 heavy (non-hydrogen) atoms. The first-order valence-corrected chi connectivity index (χ1v) is 12.8. The fourth-order valence-electron chi connectivity index (χ4n) is 4.23. The number of carbonyl (C=O) groups is 1. The minimum atomic E-state index is -3.30. The first-order chi connectivity index (χ1) is 16.1. The molecule has 5 rings (SSSR count). The molecule has 0 unspecified atom stereocenters. The van der Waals surface area contributed by atoms with Crippen LogP contribution < -0.4 is 14.8 Å². The van der Waals surface area contributed by atoms with Crippen LogP contribution in [0.4, 0.5) is 5.82 Å². The molecule has 2 aromatic carbocycles. The Morgan fingerprint density at radius 1 is 1.18 bits per heavy atom. The van der Waals surface area contributed by atoms with E-state index < -0.39 is 15.4 Å². The zero-order valence-corrected chi connectivity index (χ0v) is 20.2. The third-order valence-corrected chi connectivity index (χ3v) is 8.52. The van der Waals surface area contributed by atoms with Crippen molar-refractivity contribution in [3.05, 3.63) is 59.8 Å². The summed E-state index contributed by atoms with van der Waals surface area (Å²) in [6.45, 7) is 3.95. The minimum absolute atomic E-state index is 0.281. The van der Waals surface area contributed by atoms with Crippen LogP contribution >= 0.6 is 0 Å². The third-order valence-electron chi connectivity index (χ3n) is 6.25. The Morgan fingerprint density at radius 3 is 2.53 bits per heavy atom. The second-order valence-electron chi connectivity index (χ2n) is 9.49. The molecule has 8 nitrogen and oxygen atoms in total. The van der Waals surface area contributed by atoms with Crippen molar-refractivity contribution in [1.29, 1.82) is 0 Å². The largest absolute Gasteiger partial charge is 0.487 e. The topological polar surface area (TPSA) is 99.5 Å². The van der Waals surface area contributed by atoms with Crippen LogP contribution in [0.5, 0.6) is 17.2 Å². The van der Waals surface area contributed by atoms with Crippen LogP contribution in [0.2, 0.25) is 0 Å². The average molecular weight is 482 g/mol. The van der Waals surface area contributed by atoms with Crippen molar-refractivity contribution < 1.29 is 22.7 Å². The summed E-state index contributed by atoms with van der Waals surface area (Å²) in [5.41, 5.74) is 0.809. The van der Waals surface area contributed by atoms with Crippen LogP contribution in [0.15, 0.2) is 53.6 Å². The summed E-state index contributed by atoms with van der Waals surface area (Å²) in [6.07, 6.45) is 4.76. The molecule has 3 aromatic rings. The van der Waals surface area contributed by atoms with Gasteiger partial charge >= 0.3 is 0 Å². The van der Waals surface area contributed by atoms with Crippen molar-refractivity contribution in [2.24, 2.45) is 7.05 Å². The Morgan fingerprint density at radius 2 is 1.91 bits per heavy atom. The van der Waals surface area contributed by atoms with E-state index in [2.05, 4.69) is 10.4 Å². The third kappa shape index (κ3) is 4.27. The van der Waals surface area contributed by atoms with E-state index >= 15 is 0 Å². The maximum atomic E-state index is 12.9. The van der Waals surface area contributed by atoms with Gasteiger partial charge in [0.15, 0.2) is 15.7 Å². The summed E-state index contributed by atoms with van der Waals surface area (Å²) in [5, 5.41) is 6.68. The van der Waals surface area contributed by atoms with Crippen molar-refractivity contribution in [3.63, 3.8) is 0 Å². The molecule has 0 saturated heterocycles. The molecule has 1 fully saturated rings. The lowest BCUT2D eigenvalue weighted by molar-refractivity contribution is 0.102. The van der Waals surface area contributed by atoms with Crippen LogP contribution in [0.1, 0.15) is 49.0 Å². The predicted molar refractivity (Wildman–Crippen MR) is 127 cm³/mol. The number of nitrogens with one attached hydrogen (secondary N) is 1. The number of benzene rings is 2. The molecule has 2 aliphatic rings. The molecule has 178 valence electrons. The number of aryl methyl sites for hydroxylation is 1. The smallest absolute Gasteiger partial charge is 0.257 e. The molecule has 0 radical (unpaired) electrons. The Hall–Kier alpha value is -3.33. The minimum Gasteiger partial charge on any atom is -0.487 e.